The van der Waals surface area contributed by atoms with Crippen LogP contribution in [-0.4, -0.2) is 69.1 Å². The third kappa shape index (κ3) is 4.75. The molecule has 11 heteroatoms. The van der Waals surface area contributed by atoms with Crippen LogP contribution in [0.4, 0.5) is 0 Å². The van der Waals surface area contributed by atoms with Crippen molar-refractivity contribution in [2.75, 3.05) is 20.2 Å². The highest BCUT2D eigenvalue weighted by atomic mass is 32.3. The molecule has 0 aromatic heterocycles. The number of fused-ring (bicyclic) bond motifs is 1. The van der Waals surface area contributed by atoms with Crippen LogP contribution in [0.3, 0.4) is 0 Å². The quantitative estimate of drug-likeness (QED) is 0.486. The van der Waals surface area contributed by atoms with Crippen LogP contribution < -0.4 is 5.32 Å². The molecule has 4 aliphatic rings. The molecule has 3 unspecified atom stereocenters. The number of carbonyl (C=O) groups is 1. The van der Waals surface area contributed by atoms with Gasteiger partial charge in [0.25, 0.3) is 16.1 Å². The van der Waals surface area contributed by atoms with Gasteiger partial charge in [-0.15, -0.1) is 0 Å². The number of amidine groups is 1. The first-order valence-corrected chi connectivity index (χ1v) is 13.4. The minimum atomic E-state index is -3.04. The van der Waals surface area contributed by atoms with Crippen LogP contribution in [0.15, 0.2) is 56.4 Å². The molecule has 1 amide bonds. The van der Waals surface area contributed by atoms with E-state index in [9.17, 15) is 13.6 Å². The molecule has 1 aliphatic carbocycles. The normalized spacial score (nSPS) is 26.4. The van der Waals surface area contributed by atoms with Gasteiger partial charge >= 0.3 is 0 Å². The molecule has 0 spiro atoms. The molecule has 1 saturated heterocycles. The second-order valence-corrected chi connectivity index (χ2v) is 11.7. The topological polar surface area (TPSA) is 116 Å². The Morgan fingerprint density at radius 2 is 1.97 bits per heavy atom. The number of benzene rings is 1. The molecule has 1 aromatic carbocycles. The van der Waals surface area contributed by atoms with Crippen molar-refractivity contribution in [3.05, 3.63) is 42.0 Å². The maximum Gasteiger partial charge on any atom is 0.278 e. The minimum Gasteiger partial charge on any atom is -0.481 e. The number of nitrogens with zero attached hydrogens (tertiary/aromatic N) is 4. The molecule has 1 aromatic rings. The van der Waals surface area contributed by atoms with Crippen molar-refractivity contribution in [3.63, 3.8) is 0 Å². The third-order valence-corrected chi connectivity index (χ3v) is 9.27. The third-order valence-electron chi connectivity index (χ3n) is 5.89. The van der Waals surface area contributed by atoms with Crippen molar-refractivity contribution >= 4 is 44.7 Å². The molecular weight excluding hydrogens is 462 g/mol. The SMILES string of the molecule is COC1=NC2SC(NC(=O)/C(=N/N3CCCC3)c3ccc([S+](=O)(O)C4CC4)cc3)=NC2C=C1. The van der Waals surface area contributed by atoms with E-state index in [2.05, 4.69) is 20.4 Å². The van der Waals surface area contributed by atoms with Crippen molar-refractivity contribution in [3.8, 4) is 0 Å². The van der Waals surface area contributed by atoms with Gasteiger partial charge in [0.2, 0.25) is 5.90 Å². The molecule has 33 heavy (non-hydrogen) atoms. The van der Waals surface area contributed by atoms with Gasteiger partial charge in [0.05, 0.1) is 7.11 Å². The lowest BCUT2D eigenvalue weighted by Gasteiger charge is -2.15. The number of ether oxygens (including phenoxy) is 1. The van der Waals surface area contributed by atoms with Gasteiger partial charge < -0.3 is 4.74 Å². The molecule has 1 saturated carbocycles. The Kier molecular flexibility index (Phi) is 6.11. The molecule has 9 nitrogen and oxygen atoms in total. The maximum atomic E-state index is 13.3. The Bertz CT molecular complexity index is 1100. The molecule has 3 aliphatic heterocycles. The fourth-order valence-electron chi connectivity index (χ4n) is 3.91. The number of carbonyl (C=O) groups excluding carboxylic acids is 1. The molecule has 174 valence electrons. The fraction of sp³-hybridized carbons (Fsp3) is 0.455. The zero-order valence-corrected chi connectivity index (χ0v) is 19.8. The Labute approximate surface area is 197 Å². The summed E-state index contributed by atoms with van der Waals surface area (Å²) in [7, 11) is -1.47. The number of hydrogen-bond acceptors (Lipinski definition) is 8. The summed E-state index contributed by atoms with van der Waals surface area (Å²) in [4.78, 5) is 22.7. The number of nitrogens with one attached hydrogen (secondary N) is 1. The highest BCUT2D eigenvalue weighted by molar-refractivity contribution is 8.14. The monoisotopic (exact) mass is 488 g/mol. The standard InChI is InChI=1S/C22H25N5O4S2/c1-31-18-11-10-17-21(24-18)32-22(23-17)25-20(28)19(26-27-12-2-3-13-27)14-4-6-15(7-5-14)33(29,30)16-8-9-16/h4-7,10-11,16-17,21H,2-3,8-9,12-13H2,1H3,(H-,23,25,28,29,30)/p+1/b26-19+. The molecule has 5 rings (SSSR count). The van der Waals surface area contributed by atoms with Gasteiger partial charge in [-0.3, -0.25) is 20.1 Å². The van der Waals surface area contributed by atoms with Gasteiger partial charge in [-0.25, -0.2) is 4.99 Å². The zero-order valence-electron chi connectivity index (χ0n) is 18.2. The average molecular weight is 489 g/mol. The summed E-state index contributed by atoms with van der Waals surface area (Å²) in [5, 5.41) is 9.55. The molecular formula is C22H26N5O4S2+. The van der Waals surface area contributed by atoms with Crippen molar-refractivity contribution < 1.29 is 18.3 Å². The summed E-state index contributed by atoms with van der Waals surface area (Å²) in [5.41, 5.74) is 0.851. The van der Waals surface area contributed by atoms with Crippen molar-refractivity contribution in [1.29, 1.82) is 0 Å². The zero-order chi connectivity index (χ0) is 23.0. The first kappa shape index (κ1) is 22.3. The smallest absolute Gasteiger partial charge is 0.278 e. The second-order valence-electron chi connectivity index (χ2n) is 8.32. The average Bonchev–Trinajstić information content (AvgIpc) is 3.42. The van der Waals surface area contributed by atoms with E-state index in [1.807, 2.05) is 11.1 Å². The number of hydrogen-bond donors (Lipinski definition) is 2. The Balaban J connectivity index is 1.36. The van der Waals surface area contributed by atoms with Gasteiger partial charge in [-0.1, -0.05) is 22.0 Å². The lowest BCUT2D eigenvalue weighted by Crippen LogP contribution is -2.36. The van der Waals surface area contributed by atoms with Crippen molar-refractivity contribution in [1.82, 2.24) is 10.3 Å². The van der Waals surface area contributed by atoms with E-state index in [1.54, 1.807) is 37.5 Å². The van der Waals surface area contributed by atoms with Crippen LogP contribution in [0.1, 0.15) is 31.2 Å². The number of amides is 1. The summed E-state index contributed by atoms with van der Waals surface area (Å²) < 4.78 is 28.2. The molecule has 2 N–H and O–H groups in total. The summed E-state index contributed by atoms with van der Waals surface area (Å²) in [6.45, 7) is 1.58. The molecule has 0 bridgehead atoms. The first-order chi connectivity index (χ1) is 15.9. The van der Waals surface area contributed by atoms with E-state index in [1.165, 1.54) is 11.8 Å². The van der Waals surface area contributed by atoms with Gasteiger partial charge in [-0.2, -0.15) is 9.65 Å². The van der Waals surface area contributed by atoms with E-state index in [0.29, 0.717) is 21.5 Å². The van der Waals surface area contributed by atoms with E-state index >= 15 is 0 Å². The van der Waals surface area contributed by atoms with E-state index in [4.69, 9.17) is 4.74 Å². The van der Waals surface area contributed by atoms with Crippen molar-refractivity contribution in [2.45, 2.75) is 47.2 Å². The van der Waals surface area contributed by atoms with Crippen LogP contribution in [0.5, 0.6) is 0 Å². The van der Waals surface area contributed by atoms with Gasteiger partial charge in [0.1, 0.15) is 11.4 Å². The van der Waals surface area contributed by atoms with E-state index < -0.39 is 10.2 Å². The maximum absolute atomic E-state index is 13.3. The lowest BCUT2D eigenvalue weighted by atomic mass is 10.1. The Hall–Kier alpha value is -2.50. The largest absolute Gasteiger partial charge is 0.481 e. The van der Waals surface area contributed by atoms with Crippen LogP contribution in [0, 0.1) is 0 Å². The van der Waals surface area contributed by atoms with Crippen LogP contribution >= 0.6 is 11.8 Å². The van der Waals surface area contributed by atoms with Gasteiger partial charge in [-0.05, 0) is 43.2 Å². The Morgan fingerprint density at radius 1 is 1.24 bits per heavy atom. The fourth-order valence-corrected chi connectivity index (χ4v) is 6.60. The minimum absolute atomic E-state index is 0.150. The molecule has 2 fully saturated rings. The predicted molar refractivity (Wildman–Crippen MR) is 130 cm³/mol. The summed E-state index contributed by atoms with van der Waals surface area (Å²) >= 11 is 1.37. The molecule has 3 atom stereocenters. The number of hydrazone groups is 1. The van der Waals surface area contributed by atoms with E-state index in [-0.39, 0.29) is 28.3 Å². The number of methoxy groups -OCH3 is 1. The highest BCUT2D eigenvalue weighted by Gasteiger charge is 2.48. The summed E-state index contributed by atoms with van der Waals surface area (Å²) in [6, 6.07) is 6.50. The highest BCUT2D eigenvalue weighted by Crippen LogP contribution is 2.37. The summed E-state index contributed by atoms with van der Waals surface area (Å²) in [5.74, 6) is 0.168. The lowest BCUT2D eigenvalue weighted by molar-refractivity contribution is -0.113. The first-order valence-electron chi connectivity index (χ1n) is 11.0. The van der Waals surface area contributed by atoms with Gasteiger partial charge in [0, 0.05) is 31.5 Å². The molecule has 3 heterocycles. The van der Waals surface area contributed by atoms with Crippen LogP contribution in [0.25, 0.3) is 0 Å². The number of dihydropyridines is 1. The second kappa shape index (κ2) is 9.03. The van der Waals surface area contributed by atoms with Crippen molar-refractivity contribution in [2.24, 2.45) is 15.1 Å². The number of thioether (sulfide) groups is 1. The van der Waals surface area contributed by atoms with E-state index in [0.717, 1.165) is 38.8 Å². The number of rotatable bonds is 5. The van der Waals surface area contributed by atoms with Crippen LogP contribution in [0.2, 0.25) is 0 Å². The Morgan fingerprint density at radius 3 is 2.64 bits per heavy atom. The summed E-state index contributed by atoms with van der Waals surface area (Å²) in [6.07, 6.45) is 7.29. The molecule has 0 radical (unpaired) electrons. The van der Waals surface area contributed by atoms with Gasteiger partial charge in [0.15, 0.2) is 21.0 Å². The number of aliphatic imine (C=N–C) groups is 2. The predicted octanol–water partition coefficient (Wildman–Crippen LogP) is 2.51. The van der Waals surface area contributed by atoms with Crippen LogP contribution in [-0.2, 0) is 24.0 Å².